The predicted molar refractivity (Wildman–Crippen MR) is 117 cm³/mol. The van der Waals surface area contributed by atoms with Gasteiger partial charge in [-0.25, -0.2) is 4.99 Å². The van der Waals surface area contributed by atoms with Crippen LogP contribution < -0.4 is 5.11 Å². The molecule has 1 unspecified atom stereocenters. The molecule has 1 atom stereocenters. The van der Waals surface area contributed by atoms with Crippen molar-refractivity contribution in [2.24, 2.45) is 4.99 Å². The molecule has 0 spiro atoms. The zero-order valence-corrected chi connectivity index (χ0v) is 18.9. The van der Waals surface area contributed by atoms with E-state index in [0.29, 0.717) is 4.48 Å². The van der Waals surface area contributed by atoms with Crippen LogP contribution in [0.5, 0.6) is 0 Å². The molecule has 0 saturated carbocycles. The Kier molecular flexibility index (Phi) is 14.3. The summed E-state index contributed by atoms with van der Waals surface area (Å²) in [6.45, 7) is 7.00. The Bertz CT molecular complexity index is 436. The first kappa shape index (κ1) is 25.1. The summed E-state index contributed by atoms with van der Waals surface area (Å²) in [5.41, 5.74) is 0. The van der Waals surface area contributed by atoms with E-state index in [2.05, 4.69) is 18.8 Å². The van der Waals surface area contributed by atoms with E-state index in [-0.39, 0.29) is 6.54 Å². The van der Waals surface area contributed by atoms with Gasteiger partial charge in [-0.1, -0.05) is 97.3 Å². The Hall–Kier alpha value is -0.900. The molecule has 1 rings (SSSR count). The number of aliphatic carboxylic acids is 1. The number of unbranched alkanes of at least 4 members (excludes halogenated alkanes) is 13. The number of rotatable bonds is 19. The van der Waals surface area contributed by atoms with Gasteiger partial charge < -0.3 is 9.90 Å². The van der Waals surface area contributed by atoms with E-state index in [0.717, 1.165) is 44.7 Å². The fraction of sp³-hybridized carbons (Fsp3) is 0.917. The second-order valence-electron chi connectivity index (χ2n) is 8.77. The second-order valence-corrected chi connectivity index (χ2v) is 8.77. The molecule has 0 N–H and O–H groups in total. The van der Waals surface area contributed by atoms with Crippen LogP contribution in [0.2, 0.25) is 0 Å². The first-order valence-electron chi connectivity index (χ1n) is 12.2. The van der Waals surface area contributed by atoms with Crippen molar-refractivity contribution in [1.82, 2.24) is 0 Å². The first-order valence-corrected chi connectivity index (χ1v) is 12.2. The van der Waals surface area contributed by atoms with Crippen LogP contribution >= 0.6 is 0 Å². The number of hydrogen-bond acceptors (Lipinski definition) is 3. The molecule has 0 aromatic carbocycles. The molecule has 0 amide bonds. The van der Waals surface area contributed by atoms with Crippen LogP contribution in [0.4, 0.5) is 0 Å². The second kappa shape index (κ2) is 16.0. The van der Waals surface area contributed by atoms with Crippen LogP contribution in [0.15, 0.2) is 4.99 Å². The Morgan fingerprint density at radius 3 is 1.79 bits per heavy atom. The lowest BCUT2D eigenvalue weighted by molar-refractivity contribution is -0.831. The molecule has 0 aliphatic carbocycles. The highest BCUT2D eigenvalue weighted by molar-refractivity contribution is 5.79. The summed E-state index contributed by atoms with van der Waals surface area (Å²) >= 11 is 0. The summed E-state index contributed by atoms with van der Waals surface area (Å²) in [4.78, 5) is 15.9. The van der Waals surface area contributed by atoms with Gasteiger partial charge in [0.25, 0.3) is 0 Å². The fourth-order valence-corrected chi connectivity index (χ4v) is 4.61. The van der Waals surface area contributed by atoms with E-state index in [9.17, 15) is 9.90 Å². The van der Waals surface area contributed by atoms with E-state index >= 15 is 0 Å². The van der Waals surface area contributed by atoms with Crippen molar-refractivity contribution in [3.63, 3.8) is 0 Å². The van der Waals surface area contributed by atoms with E-state index in [1.165, 1.54) is 83.5 Å². The summed E-state index contributed by atoms with van der Waals surface area (Å²) in [6.07, 6.45) is 21.0. The zero-order valence-electron chi connectivity index (χ0n) is 18.9. The third-order valence-electron chi connectivity index (χ3n) is 6.21. The third-order valence-corrected chi connectivity index (χ3v) is 6.21. The standard InChI is InChI=1S/C24H46N2O2/c1-3-5-6-7-8-9-10-11-12-13-14-15-16-17-18-23-25-19-21-26(23,20-4-2)22-24(27)28/h3-22H2,1-2H3. The minimum Gasteiger partial charge on any atom is -0.544 e. The fourth-order valence-electron chi connectivity index (χ4n) is 4.61. The lowest BCUT2D eigenvalue weighted by atomic mass is 10.0. The van der Waals surface area contributed by atoms with Crippen LogP contribution in [0.3, 0.4) is 0 Å². The van der Waals surface area contributed by atoms with E-state index in [4.69, 9.17) is 0 Å². The molecule has 0 aromatic rings. The van der Waals surface area contributed by atoms with Gasteiger partial charge in [0.1, 0.15) is 13.1 Å². The van der Waals surface area contributed by atoms with Crippen molar-refractivity contribution in [3.8, 4) is 0 Å². The quantitative estimate of drug-likeness (QED) is 0.222. The van der Waals surface area contributed by atoms with Crippen LogP contribution in [0.1, 0.15) is 117 Å². The van der Waals surface area contributed by atoms with Gasteiger partial charge in [-0.15, -0.1) is 0 Å². The van der Waals surface area contributed by atoms with Crippen molar-refractivity contribution in [2.45, 2.75) is 117 Å². The molecule has 0 radical (unpaired) electrons. The Balaban J connectivity index is 2.01. The van der Waals surface area contributed by atoms with Gasteiger partial charge in [0.15, 0.2) is 5.84 Å². The van der Waals surface area contributed by atoms with Gasteiger partial charge in [0, 0.05) is 6.42 Å². The normalized spacial score (nSPS) is 19.1. The third kappa shape index (κ3) is 10.6. The maximum Gasteiger partial charge on any atom is 0.198 e. The summed E-state index contributed by atoms with van der Waals surface area (Å²) in [5, 5.41) is 11.2. The highest BCUT2D eigenvalue weighted by Gasteiger charge is 2.36. The number of carbonyl (C=O) groups excluding carboxylic acids is 1. The van der Waals surface area contributed by atoms with Crippen LogP contribution in [-0.2, 0) is 4.79 Å². The zero-order chi connectivity index (χ0) is 20.5. The molecular weight excluding hydrogens is 348 g/mol. The molecule has 4 nitrogen and oxygen atoms in total. The molecule has 1 heterocycles. The van der Waals surface area contributed by atoms with Gasteiger partial charge in [0.05, 0.1) is 19.1 Å². The minimum absolute atomic E-state index is 0.102. The lowest BCUT2D eigenvalue weighted by Gasteiger charge is -2.35. The molecule has 1 aliphatic heterocycles. The number of quaternary nitrogens is 1. The molecular formula is C24H46N2O2. The van der Waals surface area contributed by atoms with Crippen molar-refractivity contribution >= 4 is 11.8 Å². The van der Waals surface area contributed by atoms with Crippen molar-refractivity contribution in [2.75, 3.05) is 26.2 Å². The Morgan fingerprint density at radius 2 is 1.32 bits per heavy atom. The molecule has 0 aromatic heterocycles. The SMILES string of the molecule is CCCCCCCCCCCCCCCCC1=NCC[N+]1(CCC)CC(=O)[O-]. The summed E-state index contributed by atoms with van der Waals surface area (Å²) in [7, 11) is 0. The first-order chi connectivity index (χ1) is 13.6. The molecule has 1 aliphatic rings. The van der Waals surface area contributed by atoms with Gasteiger partial charge in [-0.3, -0.25) is 4.48 Å². The van der Waals surface area contributed by atoms with Crippen LogP contribution in [0.25, 0.3) is 0 Å². The molecule has 4 heteroatoms. The minimum atomic E-state index is -0.941. The maximum atomic E-state index is 11.2. The van der Waals surface area contributed by atoms with Gasteiger partial charge in [-0.2, -0.15) is 0 Å². The smallest absolute Gasteiger partial charge is 0.198 e. The molecule has 164 valence electrons. The van der Waals surface area contributed by atoms with E-state index < -0.39 is 5.97 Å². The number of carboxylic acids is 1. The summed E-state index contributed by atoms with van der Waals surface area (Å²) in [6, 6.07) is 0. The molecule has 0 bridgehead atoms. The van der Waals surface area contributed by atoms with E-state index in [1.54, 1.807) is 0 Å². The predicted octanol–water partition coefficient (Wildman–Crippen LogP) is 5.25. The summed E-state index contributed by atoms with van der Waals surface area (Å²) in [5.74, 6) is 0.175. The lowest BCUT2D eigenvalue weighted by Crippen LogP contribution is -2.56. The van der Waals surface area contributed by atoms with Crippen molar-refractivity contribution in [3.05, 3.63) is 0 Å². The number of hydrogen-bond donors (Lipinski definition) is 0. The number of carbonyl (C=O) groups is 1. The molecule has 0 fully saturated rings. The van der Waals surface area contributed by atoms with Gasteiger partial charge in [0.2, 0.25) is 0 Å². The topological polar surface area (TPSA) is 52.5 Å². The highest BCUT2D eigenvalue weighted by Crippen LogP contribution is 2.21. The number of amidine groups is 1. The monoisotopic (exact) mass is 394 g/mol. The number of nitrogens with zero attached hydrogens (tertiary/aromatic N) is 2. The average Bonchev–Trinajstić information content (AvgIpc) is 3.03. The van der Waals surface area contributed by atoms with Crippen LogP contribution in [0, 0.1) is 0 Å². The maximum absolute atomic E-state index is 11.2. The Labute approximate surface area is 174 Å². The summed E-state index contributed by atoms with van der Waals surface area (Å²) < 4.78 is 0.553. The Morgan fingerprint density at radius 1 is 0.821 bits per heavy atom. The molecule has 0 saturated heterocycles. The number of carboxylic acid groups (broad SMARTS) is 1. The van der Waals surface area contributed by atoms with Gasteiger partial charge >= 0.3 is 0 Å². The van der Waals surface area contributed by atoms with E-state index in [1.807, 2.05) is 0 Å². The van der Waals surface area contributed by atoms with Crippen LogP contribution in [-0.4, -0.2) is 42.5 Å². The van der Waals surface area contributed by atoms with Crippen molar-refractivity contribution in [1.29, 1.82) is 0 Å². The number of aliphatic imine (C=N–C) groups is 1. The largest absolute Gasteiger partial charge is 0.544 e. The molecule has 28 heavy (non-hydrogen) atoms. The average molecular weight is 395 g/mol. The van der Waals surface area contributed by atoms with Gasteiger partial charge in [-0.05, 0) is 12.8 Å². The highest BCUT2D eigenvalue weighted by atomic mass is 16.4. The van der Waals surface area contributed by atoms with Crippen molar-refractivity contribution < 1.29 is 14.4 Å².